The summed E-state index contributed by atoms with van der Waals surface area (Å²) in [6, 6.07) is 7.34. The van der Waals surface area contributed by atoms with E-state index in [2.05, 4.69) is 5.32 Å². The zero-order valence-corrected chi connectivity index (χ0v) is 8.32. The van der Waals surface area contributed by atoms with Crippen molar-refractivity contribution in [1.29, 1.82) is 0 Å². The van der Waals surface area contributed by atoms with E-state index in [-0.39, 0.29) is 0 Å². The zero-order valence-electron chi connectivity index (χ0n) is 8.32. The van der Waals surface area contributed by atoms with Gasteiger partial charge in [0.25, 0.3) is 0 Å². The number of nitrogens with one attached hydrogen (secondary N) is 1. The van der Waals surface area contributed by atoms with Gasteiger partial charge in [0.2, 0.25) is 0 Å². The molecule has 0 aliphatic heterocycles. The smallest absolute Gasteiger partial charge is 0.150 e. The molecule has 0 aliphatic carbocycles. The Hall–Kier alpha value is -1.35. The van der Waals surface area contributed by atoms with Crippen molar-refractivity contribution in [2.45, 2.75) is 6.92 Å². The van der Waals surface area contributed by atoms with Gasteiger partial charge in [0.15, 0.2) is 0 Å². The lowest BCUT2D eigenvalue weighted by Crippen LogP contribution is -2.08. The Morgan fingerprint density at radius 3 is 2.64 bits per heavy atom. The van der Waals surface area contributed by atoms with Gasteiger partial charge < -0.3 is 10.1 Å². The highest BCUT2D eigenvalue weighted by molar-refractivity contribution is 5.75. The van der Waals surface area contributed by atoms with E-state index in [9.17, 15) is 4.79 Å². The van der Waals surface area contributed by atoms with E-state index in [0.29, 0.717) is 12.2 Å². The summed E-state index contributed by atoms with van der Waals surface area (Å²) in [5.41, 5.74) is 1.70. The molecule has 1 aromatic rings. The first kappa shape index (κ1) is 10.7. The molecule has 1 N–H and O–H groups in total. The van der Waals surface area contributed by atoms with Crippen LogP contribution in [0.5, 0.6) is 0 Å². The van der Waals surface area contributed by atoms with Crippen LogP contribution < -0.4 is 5.32 Å². The number of benzene rings is 1. The van der Waals surface area contributed by atoms with Crippen LogP contribution in [0.15, 0.2) is 24.3 Å². The summed E-state index contributed by atoms with van der Waals surface area (Å²) in [6.07, 6.45) is 0.837. The van der Waals surface area contributed by atoms with Gasteiger partial charge in [-0.2, -0.15) is 0 Å². The first-order valence-corrected chi connectivity index (χ1v) is 4.73. The third-order valence-electron chi connectivity index (χ3n) is 1.83. The number of rotatable bonds is 6. The number of anilines is 1. The summed E-state index contributed by atoms with van der Waals surface area (Å²) in [4.78, 5) is 10.4. The summed E-state index contributed by atoms with van der Waals surface area (Å²) in [7, 11) is 0. The second-order valence-corrected chi connectivity index (χ2v) is 2.86. The topological polar surface area (TPSA) is 38.3 Å². The van der Waals surface area contributed by atoms with Crippen molar-refractivity contribution >= 4 is 12.0 Å². The molecule has 0 spiro atoms. The lowest BCUT2D eigenvalue weighted by atomic mass is 10.2. The molecule has 14 heavy (non-hydrogen) atoms. The molecule has 3 nitrogen and oxygen atoms in total. The van der Waals surface area contributed by atoms with Crippen molar-refractivity contribution in [2.24, 2.45) is 0 Å². The Morgan fingerprint density at radius 2 is 2.07 bits per heavy atom. The lowest BCUT2D eigenvalue weighted by Gasteiger charge is -2.05. The second kappa shape index (κ2) is 6.16. The summed E-state index contributed by atoms with van der Waals surface area (Å²) < 4.78 is 5.18. The highest BCUT2D eigenvalue weighted by atomic mass is 16.5. The Labute approximate surface area is 84.1 Å². The van der Waals surface area contributed by atoms with Gasteiger partial charge in [-0.05, 0) is 31.2 Å². The molecule has 0 aromatic heterocycles. The Bertz CT molecular complexity index is 269. The van der Waals surface area contributed by atoms with Crippen LogP contribution in [0, 0.1) is 0 Å². The normalized spacial score (nSPS) is 9.79. The average molecular weight is 193 g/mol. The summed E-state index contributed by atoms with van der Waals surface area (Å²) in [5, 5.41) is 3.19. The van der Waals surface area contributed by atoms with Crippen molar-refractivity contribution in [3.05, 3.63) is 29.8 Å². The van der Waals surface area contributed by atoms with Gasteiger partial charge in [0.05, 0.1) is 6.61 Å². The van der Waals surface area contributed by atoms with Crippen LogP contribution in [0.25, 0.3) is 0 Å². The van der Waals surface area contributed by atoms with Crippen LogP contribution >= 0.6 is 0 Å². The minimum absolute atomic E-state index is 0.695. The van der Waals surface area contributed by atoms with E-state index in [4.69, 9.17) is 4.74 Å². The molecular formula is C11H15NO2. The molecule has 0 atom stereocenters. The minimum Gasteiger partial charge on any atom is -0.383 e. The summed E-state index contributed by atoms with van der Waals surface area (Å²) in [6.45, 7) is 4.20. The molecule has 0 saturated carbocycles. The van der Waals surface area contributed by atoms with Gasteiger partial charge in [-0.15, -0.1) is 0 Å². The quantitative estimate of drug-likeness (QED) is 0.554. The maximum atomic E-state index is 10.4. The first-order chi connectivity index (χ1) is 6.86. The Kier molecular flexibility index (Phi) is 4.72. The second-order valence-electron chi connectivity index (χ2n) is 2.86. The van der Waals surface area contributed by atoms with Crippen LogP contribution in [0.1, 0.15) is 17.3 Å². The van der Waals surface area contributed by atoms with Gasteiger partial charge >= 0.3 is 0 Å². The maximum Gasteiger partial charge on any atom is 0.150 e. The van der Waals surface area contributed by atoms with E-state index in [1.165, 1.54) is 0 Å². The molecule has 1 aromatic carbocycles. The van der Waals surface area contributed by atoms with Gasteiger partial charge in [-0.1, -0.05) is 0 Å². The standard InChI is InChI=1S/C11H15NO2/c1-2-14-8-7-12-11-5-3-10(9-13)4-6-11/h3-6,9,12H,2,7-8H2,1H3. The molecule has 0 unspecified atom stereocenters. The molecule has 0 saturated heterocycles. The van der Waals surface area contributed by atoms with Crippen molar-refractivity contribution in [2.75, 3.05) is 25.1 Å². The van der Waals surface area contributed by atoms with Gasteiger partial charge in [-0.25, -0.2) is 0 Å². The van der Waals surface area contributed by atoms with Crippen LogP contribution in [0.3, 0.4) is 0 Å². The Morgan fingerprint density at radius 1 is 1.36 bits per heavy atom. The van der Waals surface area contributed by atoms with Gasteiger partial charge in [0.1, 0.15) is 6.29 Å². The van der Waals surface area contributed by atoms with Crippen LogP contribution in [-0.2, 0) is 4.74 Å². The van der Waals surface area contributed by atoms with Crippen molar-refractivity contribution in [3.63, 3.8) is 0 Å². The van der Waals surface area contributed by atoms with Crippen molar-refractivity contribution in [3.8, 4) is 0 Å². The third kappa shape index (κ3) is 3.58. The van der Waals surface area contributed by atoms with E-state index in [1.807, 2.05) is 19.1 Å². The summed E-state index contributed by atoms with van der Waals surface area (Å²) in [5.74, 6) is 0. The fraction of sp³-hybridized carbons (Fsp3) is 0.364. The molecule has 76 valence electrons. The monoisotopic (exact) mass is 193 g/mol. The molecule has 0 bridgehead atoms. The largest absolute Gasteiger partial charge is 0.383 e. The van der Waals surface area contributed by atoms with Gasteiger partial charge in [-0.3, -0.25) is 4.79 Å². The molecule has 3 heteroatoms. The number of carbonyl (C=O) groups excluding carboxylic acids is 1. The van der Waals surface area contributed by atoms with Gasteiger partial charge in [0, 0.05) is 24.4 Å². The lowest BCUT2D eigenvalue weighted by molar-refractivity contribution is 0.112. The Balaban J connectivity index is 2.32. The minimum atomic E-state index is 0.695. The molecule has 0 aliphatic rings. The fourth-order valence-electron chi connectivity index (χ4n) is 1.09. The highest BCUT2D eigenvalue weighted by Crippen LogP contribution is 2.07. The predicted molar refractivity (Wildman–Crippen MR) is 56.8 cm³/mol. The fourth-order valence-corrected chi connectivity index (χ4v) is 1.09. The van der Waals surface area contributed by atoms with Crippen LogP contribution in [0.4, 0.5) is 5.69 Å². The van der Waals surface area contributed by atoms with Crippen molar-refractivity contribution in [1.82, 2.24) is 0 Å². The predicted octanol–water partition coefficient (Wildman–Crippen LogP) is 1.95. The van der Waals surface area contributed by atoms with E-state index in [0.717, 1.165) is 25.1 Å². The number of hydrogen-bond donors (Lipinski definition) is 1. The third-order valence-corrected chi connectivity index (χ3v) is 1.83. The van der Waals surface area contributed by atoms with E-state index in [1.54, 1.807) is 12.1 Å². The van der Waals surface area contributed by atoms with Crippen LogP contribution in [-0.4, -0.2) is 26.0 Å². The zero-order chi connectivity index (χ0) is 10.2. The van der Waals surface area contributed by atoms with Crippen molar-refractivity contribution < 1.29 is 9.53 Å². The average Bonchev–Trinajstić information content (AvgIpc) is 2.25. The first-order valence-electron chi connectivity index (χ1n) is 4.73. The highest BCUT2D eigenvalue weighted by Gasteiger charge is 1.92. The van der Waals surface area contributed by atoms with Crippen LogP contribution in [0.2, 0.25) is 0 Å². The summed E-state index contributed by atoms with van der Waals surface area (Å²) >= 11 is 0. The number of carbonyl (C=O) groups is 1. The van der Waals surface area contributed by atoms with E-state index < -0.39 is 0 Å². The molecule has 0 radical (unpaired) electrons. The number of ether oxygens (including phenoxy) is 1. The molecular weight excluding hydrogens is 178 g/mol. The molecule has 1 rings (SSSR count). The molecule has 0 fully saturated rings. The van der Waals surface area contributed by atoms with E-state index >= 15 is 0 Å². The number of aldehydes is 1. The number of hydrogen-bond acceptors (Lipinski definition) is 3. The molecule has 0 heterocycles. The molecule has 0 amide bonds. The SMILES string of the molecule is CCOCCNc1ccc(C=O)cc1. The maximum absolute atomic E-state index is 10.4.